The molecule has 0 atom stereocenters. The minimum atomic E-state index is -1.87. The summed E-state index contributed by atoms with van der Waals surface area (Å²) in [5.41, 5.74) is 0.121. The fraction of sp³-hybridized carbons (Fsp3) is 0.789. The van der Waals surface area contributed by atoms with E-state index in [-0.39, 0.29) is 18.6 Å². The van der Waals surface area contributed by atoms with Crippen LogP contribution in [-0.2, 0) is 27.3 Å². The zero-order valence-corrected chi connectivity index (χ0v) is 24.2. The molecule has 0 radical (unpaired) electrons. The van der Waals surface area contributed by atoms with E-state index in [0.29, 0.717) is 6.61 Å². The van der Waals surface area contributed by atoms with Crippen molar-refractivity contribution in [1.82, 2.24) is 0 Å². The van der Waals surface area contributed by atoms with E-state index in [0.717, 1.165) is 12.1 Å². The van der Waals surface area contributed by atoms with Gasteiger partial charge < -0.3 is 17.7 Å². The van der Waals surface area contributed by atoms with Crippen molar-refractivity contribution in [2.24, 2.45) is 0 Å². The van der Waals surface area contributed by atoms with Gasteiger partial charge in [0.15, 0.2) is 33.3 Å². The Labute approximate surface area is 181 Å². The van der Waals surface area contributed by atoms with Crippen LogP contribution in [0.15, 0.2) is 12.2 Å². The van der Waals surface area contributed by atoms with E-state index in [4.69, 9.17) is 17.7 Å². The van der Waals surface area contributed by atoms with Gasteiger partial charge in [-0.15, -0.1) is 0 Å². The van der Waals surface area contributed by atoms with Crippen molar-refractivity contribution < 1.29 is 27.3 Å². The molecule has 0 aliphatic heterocycles. The van der Waals surface area contributed by atoms with Crippen molar-refractivity contribution in [3.8, 4) is 0 Å². The summed E-state index contributed by atoms with van der Waals surface area (Å²) >= 11 is 0. The molecule has 0 saturated heterocycles. The molecule has 0 heterocycles. The van der Waals surface area contributed by atoms with Crippen LogP contribution in [0.4, 0.5) is 0 Å². The Morgan fingerprint density at radius 1 is 0.690 bits per heavy atom. The molecule has 0 aromatic rings. The van der Waals surface area contributed by atoms with Gasteiger partial charge in [-0.3, -0.25) is 4.79 Å². The molecule has 0 bridgehead atoms. The number of hydrogen-bond donors (Lipinski definition) is 0. The second kappa shape index (κ2) is 11.2. The van der Waals surface area contributed by atoms with Crippen LogP contribution in [0.1, 0.15) is 6.42 Å². The zero-order chi connectivity index (χ0) is 23.1. The van der Waals surface area contributed by atoms with Crippen LogP contribution in [0.3, 0.4) is 0 Å². The number of hydrogen-bond acceptors (Lipinski definition) is 6. The summed E-state index contributed by atoms with van der Waals surface area (Å²) in [6, 6.07) is 1.45. The highest BCUT2D eigenvalue weighted by Gasteiger charge is 2.31. The molecule has 170 valence electrons. The van der Waals surface area contributed by atoms with Gasteiger partial charge in [0.05, 0.1) is 19.6 Å². The van der Waals surface area contributed by atoms with Gasteiger partial charge in [0.25, 0.3) is 0 Å². The molecule has 0 saturated carbocycles. The standard InChI is InChI=1S/C19H42O6Si4/c1-17(19(21)23-13-15-29(10,11)25-27(5,6)7)16-18(20)22-12-14-28(8,9)24-26(2,3)4/h1,12-16H2,2-11H3. The van der Waals surface area contributed by atoms with Gasteiger partial charge >= 0.3 is 11.9 Å². The molecular weight excluding hydrogens is 437 g/mol. The largest absolute Gasteiger partial charge is 0.466 e. The summed E-state index contributed by atoms with van der Waals surface area (Å²) in [5.74, 6) is -1.00. The molecule has 0 aromatic carbocycles. The van der Waals surface area contributed by atoms with Gasteiger partial charge in [-0.05, 0) is 77.6 Å². The van der Waals surface area contributed by atoms with Crippen LogP contribution in [0.25, 0.3) is 0 Å². The molecule has 0 aliphatic rings. The van der Waals surface area contributed by atoms with Crippen molar-refractivity contribution in [2.45, 2.75) is 84.0 Å². The number of ether oxygens (including phenoxy) is 2. The Morgan fingerprint density at radius 2 is 1.07 bits per heavy atom. The zero-order valence-electron chi connectivity index (χ0n) is 20.2. The summed E-state index contributed by atoms with van der Waals surface area (Å²) < 4.78 is 23.0. The summed E-state index contributed by atoms with van der Waals surface area (Å²) in [5, 5.41) is 0. The molecule has 29 heavy (non-hydrogen) atoms. The monoisotopic (exact) mass is 478 g/mol. The fourth-order valence-corrected chi connectivity index (χ4v) is 18.2. The molecule has 0 amide bonds. The third-order valence-corrected chi connectivity index (χ3v) is 15.9. The Balaban J connectivity index is 4.25. The van der Waals surface area contributed by atoms with Gasteiger partial charge in [0.2, 0.25) is 0 Å². The smallest absolute Gasteiger partial charge is 0.333 e. The lowest BCUT2D eigenvalue weighted by atomic mass is 10.2. The highest BCUT2D eigenvalue weighted by atomic mass is 28.4. The fourth-order valence-electron chi connectivity index (χ4n) is 2.96. The summed E-state index contributed by atoms with van der Waals surface area (Å²) in [7, 11) is -6.95. The maximum atomic E-state index is 12.1. The Kier molecular flexibility index (Phi) is 11.0. The first kappa shape index (κ1) is 28.5. The van der Waals surface area contributed by atoms with Crippen LogP contribution in [-0.4, -0.2) is 58.4 Å². The lowest BCUT2D eigenvalue weighted by molar-refractivity contribution is -0.145. The lowest BCUT2D eigenvalue weighted by Crippen LogP contribution is -2.43. The molecule has 0 fully saturated rings. The SMILES string of the molecule is C=C(CC(=O)OCC[Si](C)(C)O[Si](C)(C)C)C(=O)OCC[Si](C)(C)O[Si](C)(C)C. The molecule has 0 rings (SSSR count). The molecule has 10 heteroatoms. The second-order valence-corrected chi connectivity index (χ2v) is 28.7. The van der Waals surface area contributed by atoms with E-state index in [2.05, 4.69) is 72.0 Å². The minimum absolute atomic E-state index is 0.121. The third-order valence-electron chi connectivity index (χ3n) is 3.72. The molecule has 0 aliphatic carbocycles. The third kappa shape index (κ3) is 15.9. The molecule has 6 nitrogen and oxygen atoms in total. The molecule has 0 aromatic heterocycles. The van der Waals surface area contributed by atoms with Gasteiger partial charge in [-0.25, -0.2) is 4.79 Å². The summed E-state index contributed by atoms with van der Waals surface area (Å²) in [4.78, 5) is 24.1. The van der Waals surface area contributed by atoms with Crippen molar-refractivity contribution in [1.29, 1.82) is 0 Å². The predicted octanol–water partition coefficient (Wildman–Crippen LogP) is 5.13. The number of carbonyl (C=O) groups is 2. The van der Waals surface area contributed by atoms with Crippen molar-refractivity contribution >= 4 is 45.2 Å². The van der Waals surface area contributed by atoms with Crippen molar-refractivity contribution in [3.05, 3.63) is 12.2 Å². The van der Waals surface area contributed by atoms with Crippen LogP contribution < -0.4 is 0 Å². The van der Waals surface area contributed by atoms with Gasteiger partial charge in [0.1, 0.15) is 0 Å². The number of rotatable bonds is 13. The first-order chi connectivity index (χ1) is 12.8. The predicted molar refractivity (Wildman–Crippen MR) is 129 cm³/mol. The van der Waals surface area contributed by atoms with Crippen molar-refractivity contribution in [3.63, 3.8) is 0 Å². The number of carbonyl (C=O) groups excluding carboxylic acids is 2. The normalized spacial score (nSPS) is 13.2. The average molecular weight is 479 g/mol. The van der Waals surface area contributed by atoms with Gasteiger partial charge in [-0.2, -0.15) is 0 Å². The lowest BCUT2D eigenvalue weighted by Gasteiger charge is -2.31. The van der Waals surface area contributed by atoms with Gasteiger partial charge in [-0.1, -0.05) is 6.58 Å². The molecular formula is C19H42O6Si4. The Morgan fingerprint density at radius 3 is 1.45 bits per heavy atom. The van der Waals surface area contributed by atoms with Crippen molar-refractivity contribution in [2.75, 3.05) is 13.2 Å². The van der Waals surface area contributed by atoms with E-state index in [1.807, 2.05) is 0 Å². The minimum Gasteiger partial charge on any atom is -0.466 e. The summed E-state index contributed by atoms with van der Waals surface area (Å²) in [6.45, 7) is 25.7. The van der Waals surface area contributed by atoms with E-state index in [1.54, 1.807) is 0 Å². The summed E-state index contributed by atoms with van der Waals surface area (Å²) in [6.07, 6.45) is -0.151. The highest BCUT2D eigenvalue weighted by Crippen LogP contribution is 2.19. The van der Waals surface area contributed by atoms with E-state index >= 15 is 0 Å². The van der Waals surface area contributed by atoms with E-state index in [1.165, 1.54) is 0 Å². The van der Waals surface area contributed by atoms with Crippen LogP contribution in [0.2, 0.25) is 77.6 Å². The Hall–Kier alpha value is -0.532. The second-order valence-electron chi connectivity index (χ2n) is 10.6. The first-order valence-corrected chi connectivity index (χ1v) is 23.3. The van der Waals surface area contributed by atoms with Crippen LogP contribution in [0, 0.1) is 0 Å². The number of esters is 2. The van der Waals surface area contributed by atoms with E-state index < -0.39 is 45.2 Å². The first-order valence-electron chi connectivity index (χ1n) is 10.2. The van der Waals surface area contributed by atoms with Crippen LogP contribution >= 0.6 is 0 Å². The average Bonchev–Trinajstić information content (AvgIpc) is 2.40. The van der Waals surface area contributed by atoms with Gasteiger partial charge in [0, 0.05) is 5.57 Å². The Bertz CT molecular complexity index is 576. The highest BCUT2D eigenvalue weighted by molar-refractivity contribution is 6.84. The maximum absolute atomic E-state index is 12.1. The quantitative estimate of drug-likeness (QED) is 0.207. The topological polar surface area (TPSA) is 71.1 Å². The maximum Gasteiger partial charge on any atom is 0.333 e. The molecule has 0 N–H and O–H groups in total. The molecule has 0 unspecified atom stereocenters. The van der Waals surface area contributed by atoms with E-state index in [9.17, 15) is 9.59 Å². The molecule has 0 spiro atoms. The van der Waals surface area contributed by atoms with Crippen LogP contribution in [0.5, 0.6) is 0 Å².